The average molecular weight is 252 g/mol. The molecule has 18 heavy (non-hydrogen) atoms. The molecule has 6 heteroatoms. The molecule has 1 aromatic rings. The van der Waals surface area contributed by atoms with Crippen molar-refractivity contribution in [1.82, 2.24) is 15.1 Å². The fourth-order valence-corrected chi connectivity index (χ4v) is 1.71. The van der Waals surface area contributed by atoms with Gasteiger partial charge in [0.1, 0.15) is 5.56 Å². The summed E-state index contributed by atoms with van der Waals surface area (Å²) in [5.41, 5.74) is 0.156. The highest BCUT2D eigenvalue weighted by molar-refractivity contribution is 5.92. The quantitative estimate of drug-likeness (QED) is 0.726. The first-order chi connectivity index (χ1) is 8.69. The predicted octanol–water partition coefficient (Wildman–Crippen LogP) is 1.32. The first-order valence-electron chi connectivity index (χ1n) is 6.20. The van der Waals surface area contributed by atoms with Crippen molar-refractivity contribution in [2.45, 2.75) is 20.3 Å². The Balaban J connectivity index is 2.50. The van der Waals surface area contributed by atoms with Gasteiger partial charge in [-0.2, -0.15) is 5.10 Å². The summed E-state index contributed by atoms with van der Waals surface area (Å²) < 4.78 is 0. The number of nitrogens with zero attached hydrogens (tertiary/aromatic N) is 3. The van der Waals surface area contributed by atoms with Crippen LogP contribution in [0.5, 0.6) is 0 Å². The number of carboxylic acids is 1. The second kappa shape index (κ2) is 7.60. The van der Waals surface area contributed by atoms with Crippen molar-refractivity contribution >= 4 is 11.8 Å². The van der Waals surface area contributed by atoms with Crippen LogP contribution in [0, 0.1) is 0 Å². The predicted molar refractivity (Wildman–Crippen MR) is 69.9 cm³/mol. The SMILES string of the molecule is CCCN(CC)CCNc1nnccc1C(=O)O. The van der Waals surface area contributed by atoms with Crippen molar-refractivity contribution in [1.29, 1.82) is 0 Å². The lowest BCUT2D eigenvalue weighted by atomic mass is 10.3. The van der Waals surface area contributed by atoms with Gasteiger partial charge in [-0.25, -0.2) is 4.79 Å². The highest BCUT2D eigenvalue weighted by Crippen LogP contribution is 2.09. The molecule has 2 N–H and O–H groups in total. The van der Waals surface area contributed by atoms with Gasteiger partial charge in [0.2, 0.25) is 0 Å². The molecule has 0 atom stereocenters. The van der Waals surface area contributed by atoms with E-state index < -0.39 is 5.97 Å². The third-order valence-corrected chi connectivity index (χ3v) is 2.66. The van der Waals surface area contributed by atoms with Crippen LogP contribution in [-0.4, -0.2) is 52.4 Å². The molecule has 0 saturated heterocycles. The average Bonchev–Trinajstić information content (AvgIpc) is 2.38. The molecule has 0 bridgehead atoms. The fraction of sp³-hybridized carbons (Fsp3) is 0.583. The number of hydrogen-bond acceptors (Lipinski definition) is 5. The maximum absolute atomic E-state index is 11.0. The second-order valence-electron chi connectivity index (χ2n) is 3.96. The van der Waals surface area contributed by atoms with E-state index in [1.54, 1.807) is 0 Å². The number of anilines is 1. The van der Waals surface area contributed by atoms with Gasteiger partial charge in [0.05, 0.1) is 6.20 Å². The number of carboxylic acid groups (broad SMARTS) is 1. The standard InChI is InChI=1S/C12H20N4O2/c1-3-8-16(4-2)9-7-13-11-10(12(17)18)5-6-14-15-11/h5-6H,3-4,7-9H2,1-2H3,(H,13,15)(H,17,18). The second-order valence-corrected chi connectivity index (χ2v) is 3.96. The van der Waals surface area contributed by atoms with Crippen molar-refractivity contribution in [3.05, 3.63) is 17.8 Å². The Kier molecular flexibility index (Phi) is 6.07. The van der Waals surface area contributed by atoms with Gasteiger partial charge in [0.15, 0.2) is 5.82 Å². The zero-order valence-corrected chi connectivity index (χ0v) is 10.9. The van der Waals surface area contributed by atoms with Crippen LogP contribution in [0.2, 0.25) is 0 Å². The van der Waals surface area contributed by atoms with Crippen LogP contribution in [-0.2, 0) is 0 Å². The Morgan fingerprint density at radius 2 is 2.22 bits per heavy atom. The molecule has 0 saturated carbocycles. The summed E-state index contributed by atoms with van der Waals surface area (Å²) in [7, 11) is 0. The van der Waals surface area contributed by atoms with E-state index in [1.807, 2.05) is 0 Å². The van der Waals surface area contributed by atoms with E-state index in [4.69, 9.17) is 5.11 Å². The Bertz CT molecular complexity index is 384. The molecule has 0 radical (unpaired) electrons. The molecular formula is C12H20N4O2. The van der Waals surface area contributed by atoms with Crippen LogP contribution in [0.15, 0.2) is 12.3 Å². The molecule has 1 heterocycles. The van der Waals surface area contributed by atoms with Crippen LogP contribution in [0.1, 0.15) is 30.6 Å². The molecule has 1 aromatic heterocycles. The van der Waals surface area contributed by atoms with Gasteiger partial charge in [-0.1, -0.05) is 13.8 Å². The van der Waals surface area contributed by atoms with Gasteiger partial charge in [0.25, 0.3) is 0 Å². The molecular weight excluding hydrogens is 232 g/mol. The van der Waals surface area contributed by atoms with E-state index in [0.29, 0.717) is 12.4 Å². The maximum atomic E-state index is 11.0. The van der Waals surface area contributed by atoms with Crippen LogP contribution in [0.25, 0.3) is 0 Å². The maximum Gasteiger partial charge on any atom is 0.339 e. The minimum atomic E-state index is -0.992. The van der Waals surface area contributed by atoms with Crippen molar-refractivity contribution in [3.63, 3.8) is 0 Å². The fourth-order valence-electron chi connectivity index (χ4n) is 1.71. The molecule has 0 spiro atoms. The van der Waals surface area contributed by atoms with E-state index in [2.05, 4.69) is 34.3 Å². The van der Waals surface area contributed by atoms with Crippen molar-refractivity contribution in [2.24, 2.45) is 0 Å². The smallest absolute Gasteiger partial charge is 0.339 e. The third-order valence-electron chi connectivity index (χ3n) is 2.66. The molecule has 0 aliphatic heterocycles. The number of likely N-dealkylation sites (N-methyl/N-ethyl adjacent to an activating group) is 1. The zero-order chi connectivity index (χ0) is 13.4. The van der Waals surface area contributed by atoms with E-state index in [9.17, 15) is 4.79 Å². The summed E-state index contributed by atoms with van der Waals surface area (Å²) in [5.74, 6) is -0.661. The highest BCUT2D eigenvalue weighted by atomic mass is 16.4. The first kappa shape index (κ1) is 14.4. The normalized spacial score (nSPS) is 10.6. The summed E-state index contributed by atoms with van der Waals surface area (Å²) in [6, 6.07) is 1.45. The first-order valence-corrected chi connectivity index (χ1v) is 6.20. The van der Waals surface area contributed by atoms with E-state index in [0.717, 1.165) is 26.1 Å². The summed E-state index contributed by atoms with van der Waals surface area (Å²) in [5, 5.41) is 19.5. The lowest BCUT2D eigenvalue weighted by molar-refractivity contribution is 0.0697. The number of aromatic carboxylic acids is 1. The van der Waals surface area contributed by atoms with E-state index in [1.165, 1.54) is 12.3 Å². The monoisotopic (exact) mass is 252 g/mol. The van der Waals surface area contributed by atoms with Crippen molar-refractivity contribution in [2.75, 3.05) is 31.5 Å². The van der Waals surface area contributed by atoms with E-state index >= 15 is 0 Å². The van der Waals surface area contributed by atoms with Gasteiger partial charge in [-0.15, -0.1) is 5.10 Å². The van der Waals surface area contributed by atoms with Gasteiger partial charge in [-0.3, -0.25) is 0 Å². The molecule has 0 fully saturated rings. The molecule has 0 aliphatic rings. The minimum absolute atomic E-state index is 0.156. The third kappa shape index (κ3) is 4.29. The largest absolute Gasteiger partial charge is 0.478 e. The van der Waals surface area contributed by atoms with Crippen molar-refractivity contribution in [3.8, 4) is 0 Å². The lowest BCUT2D eigenvalue weighted by Gasteiger charge is -2.19. The summed E-state index contributed by atoms with van der Waals surface area (Å²) in [6.45, 7) is 7.81. The molecule has 6 nitrogen and oxygen atoms in total. The summed E-state index contributed by atoms with van der Waals surface area (Å²) in [6.07, 6.45) is 2.49. The molecule has 0 unspecified atom stereocenters. The number of rotatable bonds is 8. The number of hydrogen-bond donors (Lipinski definition) is 2. The topological polar surface area (TPSA) is 78.3 Å². The minimum Gasteiger partial charge on any atom is -0.478 e. The van der Waals surface area contributed by atoms with Crippen molar-refractivity contribution < 1.29 is 9.90 Å². The van der Waals surface area contributed by atoms with Gasteiger partial charge >= 0.3 is 5.97 Å². The Morgan fingerprint density at radius 3 is 2.83 bits per heavy atom. The summed E-state index contributed by atoms with van der Waals surface area (Å²) >= 11 is 0. The van der Waals surface area contributed by atoms with Gasteiger partial charge in [-0.05, 0) is 25.6 Å². The Hall–Kier alpha value is -1.69. The number of aromatic nitrogens is 2. The zero-order valence-electron chi connectivity index (χ0n) is 10.9. The Morgan fingerprint density at radius 1 is 1.44 bits per heavy atom. The highest BCUT2D eigenvalue weighted by Gasteiger charge is 2.10. The van der Waals surface area contributed by atoms with Crippen LogP contribution < -0.4 is 5.32 Å². The molecule has 100 valence electrons. The van der Waals surface area contributed by atoms with Crippen LogP contribution in [0.4, 0.5) is 5.82 Å². The number of nitrogens with one attached hydrogen (secondary N) is 1. The molecule has 0 aromatic carbocycles. The molecule has 0 amide bonds. The molecule has 1 rings (SSSR count). The van der Waals surface area contributed by atoms with E-state index in [-0.39, 0.29) is 5.56 Å². The summed E-state index contributed by atoms with van der Waals surface area (Å²) in [4.78, 5) is 13.3. The van der Waals surface area contributed by atoms with Gasteiger partial charge in [0, 0.05) is 13.1 Å². The van der Waals surface area contributed by atoms with Crippen LogP contribution >= 0.6 is 0 Å². The van der Waals surface area contributed by atoms with Gasteiger partial charge < -0.3 is 15.3 Å². The number of carbonyl (C=O) groups is 1. The van der Waals surface area contributed by atoms with Crippen LogP contribution in [0.3, 0.4) is 0 Å². The lowest BCUT2D eigenvalue weighted by Crippen LogP contribution is -2.30. The molecule has 0 aliphatic carbocycles. The Labute approximate surface area is 107 Å².